The third-order valence-corrected chi connectivity index (χ3v) is 3.68. The van der Waals surface area contributed by atoms with Crippen LogP contribution in [-0.2, 0) is 6.42 Å². The molecule has 4 heteroatoms. The van der Waals surface area contributed by atoms with E-state index in [2.05, 4.69) is 40.3 Å². The number of halogens is 1. The Hall–Kier alpha value is -1.68. The van der Waals surface area contributed by atoms with Gasteiger partial charge in [0.25, 0.3) is 0 Å². The lowest BCUT2D eigenvalue weighted by atomic mass is 10.1. The summed E-state index contributed by atoms with van der Waals surface area (Å²) < 4.78 is 11.5. The van der Waals surface area contributed by atoms with E-state index < -0.39 is 0 Å². The molecule has 0 aliphatic heterocycles. The zero-order valence-corrected chi connectivity index (χ0v) is 14.1. The standard InChI is InChI=1S/C17H20BrNO2/c1-12(8-13-4-6-16(20-2)7-5-13)19-15-9-14(18)10-17(11-15)21-3/h4-7,9-12,19H,8H2,1-3H3. The maximum atomic E-state index is 5.28. The zero-order valence-electron chi connectivity index (χ0n) is 12.5. The van der Waals surface area contributed by atoms with Crippen molar-refractivity contribution in [2.45, 2.75) is 19.4 Å². The summed E-state index contributed by atoms with van der Waals surface area (Å²) in [6, 6.07) is 14.5. The van der Waals surface area contributed by atoms with E-state index in [0.717, 1.165) is 28.1 Å². The summed E-state index contributed by atoms with van der Waals surface area (Å²) in [6.45, 7) is 2.16. The van der Waals surface area contributed by atoms with Crippen LogP contribution in [0.2, 0.25) is 0 Å². The van der Waals surface area contributed by atoms with E-state index in [9.17, 15) is 0 Å². The molecule has 1 N–H and O–H groups in total. The smallest absolute Gasteiger partial charge is 0.122 e. The summed E-state index contributed by atoms with van der Waals surface area (Å²) in [4.78, 5) is 0. The van der Waals surface area contributed by atoms with Crippen LogP contribution in [0, 0.1) is 0 Å². The fraction of sp³-hybridized carbons (Fsp3) is 0.294. The first kappa shape index (κ1) is 15.7. The van der Waals surface area contributed by atoms with Crippen LogP contribution in [0.3, 0.4) is 0 Å². The molecule has 0 spiro atoms. The minimum absolute atomic E-state index is 0.317. The summed E-state index contributed by atoms with van der Waals surface area (Å²) in [5.41, 5.74) is 2.32. The van der Waals surface area contributed by atoms with Gasteiger partial charge in [-0.15, -0.1) is 0 Å². The Bertz CT molecular complexity index is 584. The number of methoxy groups -OCH3 is 2. The molecule has 0 radical (unpaired) electrons. The van der Waals surface area contributed by atoms with Crippen LogP contribution in [0.5, 0.6) is 11.5 Å². The van der Waals surface area contributed by atoms with E-state index in [-0.39, 0.29) is 0 Å². The Kier molecular flexibility index (Phi) is 5.51. The van der Waals surface area contributed by atoms with Crippen molar-refractivity contribution in [2.24, 2.45) is 0 Å². The summed E-state index contributed by atoms with van der Waals surface area (Å²) in [5, 5.41) is 3.49. The molecule has 0 saturated carbocycles. The molecule has 21 heavy (non-hydrogen) atoms. The molecule has 0 fully saturated rings. The minimum Gasteiger partial charge on any atom is -0.497 e. The third-order valence-electron chi connectivity index (χ3n) is 3.22. The highest BCUT2D eigenvalue weighted by atomic mass is 79.9. The summed E-state index contributed by atoms with van der Waals surface area (Å²) in [5.74, 6) is 1.72. The summed E-state index contributed by atoms with van der Waals surface area (Å²) in [7, 11) is 3.35. The Morgan fingerprint density at radius 2 is 1.67 bits per heavy atom. The molecular weight excluding hydrogens is 330 g/mol. The number of anilines is 1. The first-order valence-electron chi connectivity index (χ1n) is 6.84. The number of benzene rings is 2. The van der Waals surface area contributed by atoms with Crippen LogP contribution in [0.4, 0.5) is 5.69 Å². The first-order valence-corrected chi connectivity index (χ1v) is 7.64. The van der Waals surface area contributed by atoms with Crippen LogP contribution in [0.15, 0.2) is 46.9 Å². The van der Waals surface area contributed by atoms with Gasteiger partial charge in [0.05, 0.1) is 14.2 Å². The molecule has 0 aliphatic rings. The van der Waals surface area contributed by atoms with Gasteiger partial charge in [-0.1, -0.05) is 28.1 Å². The molecule has 0 aromatic heterocycles. The maximum absolute atomic E-state index is 5.28. The molecule has 1 unspecified atom stereocenters. The van der Waals surface area contributed by atoms with Crippen molar-refractivity contribution in [3.05, 3.63) is 52.5 Å². The predicted molar refractivity (Wildman–Crippen MR) is 90.5 cm³/mol. The van der Waals surface area contributed by atoms with Crippen molar-refractivity contribution >= 4 is 21.6 Å². The molecule has 3 nitrogen and oxygen atoms in total. The highest BCUT2D eigenvalue weighted by molar-refractivity contribution is 9.10. The maximum Gasteiger partial charge on any atom is 0.122 e. The molecular formula is C17H20BrNO2. The van der Waals surface area contributed by atoms with Gasteiger partial charge < -0.3 is 14.8 Å². The van der Waals surface area contributed by atoms with E-state index in [4.69, 9.17) is 9.47 Å². The van der Waals surface area contributed by atoms with Gasteiger partial charge in [-0.2, -0.15) is 0 Å². The molecule has 2 rings (SSSR count). The number of hydrogen-bond acceptors (Lipinski definition) is 3. The molecule has 2 aromatic rings. The summed E-state index contributed by atoms with van der Waals surface area (Å²) >= 11 is 3.49. The van der Waals surface area contributed by atoms with Gasteiger partial charge in [-0.25, -0.2) is 0 Å². The fourth-order valence-corrected chi connectivity index (χ4v) is 2.69. The van der Waals surface area contributed by atoms with E-state index in [1.807, 2.05) is 30.3 Å². The van der Waals surface area contributed by atoms with Gasteiger partial charge in [0.1, 0.15) is 11.5 Å². The Morgan fingerprint density at radius 1 is 1.00 bits per heavy atom. The normalized spacial score (nSPS) is 11.8. The van der Waals surface area contributed by atoms with Gasteiger partial charge >= 0.3 is 0 Å². The largest absolute Gasteiger partial charge is 0.497 e. The second-order valence-electron chi connectivity index (χ2n) is 4.98. The highest BCUT2D eigenvalue weighted by Gasteiger charge is 2.06. The molecule has 0 saturated heterocycles. The topological polar surface area (TPSA) is 30.5 Å². The van der Waals surface area contributed by atoms with Crippen LogP contribution >= 0.6 is 15.9 Å². The number of hydrogen-bond donors (Lipinski definition) is 1. The molecule has 0 heterocycles. The van der Waals surface area contributed by atoms with Gasteiger partial charge in [0.15, 0.2) is 0 Å². The van der Waals surface area contributed by atoms with Crippen molar-refractivity contribution in [3.63, 3.8) is 0 Å². The van der Waals surface area contributed by atoms with Crippen LogP contribution in [0.25, 0.3) is 0 Å². The second kappa shape index (κ2) is 7.36. The quantitative estimate of drug-likeness (QED) is 0.832. The number of rotatable bonds is 6. The van der Waals surface area contributed by atoms with Crippen molar-refractivity contribution in [2.75, 3.05) is 19.5 Å². The number of ether oxygens (including phenoxy) is 2. The van der Waals surface area contributed by atoms with Crippen LogP contribution in [-0.4, -0.2) is 20.3 Å². The molecule has 1 atom stereocenters. The first-order chi connectivity index (χ1) is 10.1. The van der Waals surface area contributed by atoms with E-state index in [1.165, 1.54) is 5.56 Å². The second-order valence-corrected chi connectivity index (χ2v) is 5.89. The molecule has 112 valence electrons. The lowest BCUT2D eigenvalue weighted by Crippen LogP contribution is -2.18. The van der Waals surface area contributed by atoms with Crippen LogP contribution in [0.1, 0.15) is 12.5 Å². The van der Waals surface area contributed by atoms with Crippen LogP contribution < -0.4 is 14.8 Å². The van der Waals surface area contributed by atoms with Gasteiger partial charge in [-0.3, -0.25) is 0 Å². The molecule has 0 bridgehead atoms. The van der Waals surface area contributed by atoms with Crippen molar-refractivity contribution in [1.82, 2.24) is 0 Å². The van der Waals surface area contributed by atoms with Gasteiger partial charge in [0.2, 0.25) is 0 Å². The van der Waals surface area contributed by atoms with E-state index in [1.54, 1.807) is 14.2 Å². The number of nitrogens with one attached hydrogen (secondary N) is 1. The SMILES string of the molecule is COc1ccc(CC(C)Nc2cc(Br)cc(OC)c2)cc1. The highest BCUT2D eigenvalue weighted by Crippen LogP contribution is 2.25. The van der Waals surface area contributed by atoms with E-state index >= 15 is 0 Å². The van der Waals surface area contributed by atoms with Gasteiger partial charge in [0, 0.05) is 22.3 Å². The third kappa shape index (κ3) is 4.67. The lowest BCUT2D eigenvalue weighted by Gasteiger charge is -2.16. The molecule has 0 amide bonds. The molecule has 0 aliphatic carbocycles. The Balaban J connectivity index is 2.00. The Labute approximate surface area is 134 Å². The van der Waals surface area contributed by atoms with Crippen molar-refractivity contribution in [1.29, 1.82) is 0 Å². The summed E-state index contributed by atoms with van der Waals surface area (Å²) in [6.07, 6.45) is 0.943. The average molecular weight is 350 g/mol. The predicted octanol–water partition coefficient (Wildman–Crippen LogP) is 4.51. The van der Waals surface area contributed by atoms with Crippen molar-refractivity contribution < 1.29 is 9.47 Å². The van der Waals surface area contributed by atoms with Crippen molar-refractivity contribution in [3.8, 4) is 11.5 Å². The monoisotopic (exact) mass is 349 g/mol. The van der Waals surface area contributed by atoms with E-state index in [0.29, 0.717) is 6.04 Å². The zero-order chi connectivity index (χ0) is 15.2. The molecule has 2 aromatic carbocycles. The average Bonchev–Trinajstić information content (AvgIpc) is 2.47. The fourth-order valence-electron chi connectivity index (χ4n) is 2.21. The minimum atomic E-state index is 0.317. The Morgan fingerprint density at radius 3 is 2.29 bits per heavy atom. The lowest BCUT2D eigenvalue weighted by molar-refractivity contribution is 0.414. The van der Waals surface area contributed by atoms with Gasteiger partial charge in [-0.05, 0) is 43.2 Å².